The van der Waals surface area contributed by atoms with Gasteiger partial charge in [0.2, 0.25) is 0 Å². The minimum Gasteiger partial charge on any atom is -0.313 e. The number of unbranched alkanes of at least 4 members (excludes halogenated alkanes) is 1. The van der Waals surface area contributed by atoms with Crippen LogP contribution in [0.1, 0.15) is 85.5 Å². The number of hydrogen-bond acceptors (Lipinski definition) is 1. The number of rotatable bonds is 9. The Hall–Kier alpha value is -0.0400. The molecule has 0 heterocycles. The van der Waals surface area contributed by atoms with Gasteiger partial charge in [-0.15, -0.1) is 0 Å². The maximum Gasteiger partial charge on any atom is 0.0124 e. The Bertz CT molecular complexity index is 196. The zero-order chi connectivity index (χ0) is 13.4. The summed E-state index contributed by atoms with van der Waals surface area (Å²) in [5.74, 6) is 0.843. The van der Waals surface area contributed by atoms with E-state index in [1.807, 2.05) is 0 Å². The van der Waals surface area contributed by atoms with Gasteiger partial charge in [0.1, 0.15) is 0 Å². The van der Waals surface area contributed by atoms with Gasteiger partial charge in [-0.1, -0.05) is 53.4 Å². The van der Waals surface area contributed by atoms with Crippen LogP contribution in [-0.4, -0.2) is 12.6 Å². The Balaban J connectivity index is 2.68. The van der Waals surface area contributed by atoms with Gasteiger partial charge in [-0.2, -0.15) is 0 Å². The first-order valence-corrected chi connectivity index (χ1v) is 8.38. The highest BCUT2D eigenvalue weighted by Crippen LogP contribution is 2.47. The molecule has 1 nitrogen and oxygen atoms in total. The van der Waals surface area contributed by atoms with Gasteiger partial charge in [0.15, 0.2) is 0 Å². The molecule has 108 valence electrons. The smallest absolute Gasteiger partial charge is 0.0124 e. The van der Waals surface area contributed by atoms with Crippen molar-refractivity contribution >= 4 is 0 Å². The molecule has 1 heteroatoms. The second-order valence-corrected chi connectivity index (χ2v) is 6.82. The highest BCUT2D eigenvalue weighted by atomic mass is 14.9. The van der Waals surface area contributed by atoms with E-state index in [1.54, 1.807) is 0 Å². The van der Waals surface area contributed by atoms with Gasteiger partial charge in [-0.3, -0.25) is 0 Å². The molecular formula is C17H35N. The summed E-state index contributed by atoms with van der Waals surface area (Å²) in [6.07, 6.45) is 12.7. The second kappa shape index (κ2) is 8.19. The highest BCUT2D eigenvalue weighted by Gasteiger charge is 2.40. The lowest BCUT2D eigenvalue weighted by molar-refractivity contribution is 0.145. The van der Waals surface area contributed by atoms with Crippen molar-refractivity contribution in [1.82, 2.24) is 5.32 Å². The third kappa shape index (κ3) is 4.57. The third-order valence-corrected chi connectivity index (χ3v) is 4.64. The Morgan fingerprint density at radius 3 is 2.22 bits per heavy atom. The van der Waals surface area contributed by atoms with E-state index in [-0.39, 0.29) is 0 Å². The fourth-order valence-electron chi connectivity index (χ4n) is 3.94. The van der Waals surface area contributed by atoms with Crippen LogP contribution >= 0.6 is 0 Å². The molecule has 0 spiro atoms. The normalized spacial score (nSPS) is 20.5. The Kier molecular flexibility index (Phi) is 7.29. The zero-order valence-corrected chi connectivity index (χ0v) is 13.2. The van der Waals surface area contributed by atoms with Crippen LogP contribution in [0.25, 0.3) is 0 Å². The average Bonchev–Trinajstić information content (AvgIpc) is 2.77. The summed E-state index contributed by atoms with van der Waals surface area (Å²) in [6.45, 7) is 10.6. The Morgan fingerprint density at radius 2 is 1.72 bits per heavy atom. The summed E-state index contributed by atoms with van der Waals surface area (Å²) in [5, 5.41) is 3.89. The molecule has 0 aromatic rings. The van der Waals surface area contributed by atoms with Crippen molar-refractivity contribution in [2.24, 2.45) is 11.3 Å². The summed E-state index contributed by atoms with van der Waals surface area (Å²) in [4.78, 5) is 0. The highest BCUT2D eigenvalue weighted by molar-refractivity contribution is 4.95. The molecule has 0 aromatic heterocycles. The molecule has 1 rings (SSSR count). The van der Waals surface area contributed by atoms with Crippen LogP contribution in [0, 0.1) is 11.3 Å². The van der Waals surface area contributed by atoms with E-state index in [4.69, 9.17) is 0 Å². The maximum absolute atomic E-state index is 3.89. The molecule has 0 saturated heterocycles. The van der Waals surface area contributed by atoms with E-state index in [0.717, 1.165) is 12.0 Å². The van der Waals surface area contributed by atoms with Crippen LogP contribution in [0.2, 0.25) is 0 Å². The van der Waals surface area contributed by atoms with Crippen LogP contribution in [0.15, 0.2) is 0 Å². The third-order valence-electron chi connectivity index (χ3n) is 4.64. The molecule has 0 radical (unpaired) electrons. The minimum absolute atomic E-state index is 0.624. The van der Waals surface area contributed by atoms with E-state index >= 15 is 0 Å². The second-order valence-electron chi connectivity index (χ2n) is 6.82. The van der Waals surface area contributed by atoms with E-state index in [2.05, 4.69) is 33.0 Å². The van der Waals surface area contributed by atoms with Gasteiger partial charge >= 0.3 is 0 Å². The summed E-state index contributed by atoms with van der Waals surface area (Å²) in [6, 6.07) is 0.780. The minimum atomic E-state index is 0.624. The topological polar surface area (TPSA) is 12.0 Å². The van der Waals surface area contributed by atoms with Crippen LogP contribution in [0.4, 0.5) is 0 Å². The van der Waals surface area contributed by atoms with Crippen molar-refractivity contribution in [2.75, 3.05) is 6.54 Å². The van der Waals surface area contributed by atoms with Crippen molar-refractivity contribution in [3.8, 4) is 0 Å². The molecule has 0 aliphatic heterocycles. The molecule has 1 N–H and O–H groups in total. The number of hydrogen-bond donors (Lipinski definition) is 1. The zero-order valence-electron chi connectivity index (χ0n) is 13.2. The van der Waals surface area contributed by atoms with Crippen LogP contribution < -0.4 is 5.32 Å². The molecule has 1 fully saturated rings. The average molecular weight is 253 g/mol. The van der Waals surface area contributed by atoms with E-state index in [0.29, 0.717) is 5.41 Å². The molecule has 18 heavy (non-hydrogen) atoms. The lowest BCUT2D eigenvalue weighted by Gasteiger charge is -2.40. The monoisotopic (exact) mass is 253 g/mol. The largest absolute Gasteiger partial charge is 0.313 e. The summed E-state index contributed by atoms with van der Waals surface area (Å²) < 4.78 is 0. The van der Waals surface area contributed by atoms with Gasteiger partial charge in [0, 0.05) is 6.04 Å². The van der Waals surface area contributed by atoms with Crippen molar-refractivity contribution in [3.05, 3.63) is 0 Å². The molecule has 0 amide bonds. The van der Waals surface area contributed by atoms with Crippen molar-refractivity contribution in [3.63, 3.8) is 0 Å². The van der Waals surface area contributed by atoms with Gasteiger partial charge in [0.05, 0.1) is 0 Å². The molecule has 1 unspecified atom stereocenters. The van der Waals surface area contributed by atoms with Gasteiger partial charge in [0.25, 0.3) is 0 Å². The summed E-state index contributed by atoms with van der Waals surface area (Å²) >= 11 is 0. The molecule has 1 aliphatic carbocycles. The van der Waals surface area contributed by atoms with E-state index < -0.39 is 0 Å². The molecule has 1 atom stereocenters. The first-order valence-electron chi connectivity index (χ1n) is 8.38. The predicted molar refractivity (Wildman–Crippen MR) is 82.0 cm³/mol. The van der Waals surface area contributed by atoms with Crippen molar-refractivity contribution < 1.29 is 0 Å². The lowest BCUT2D eigenvalue weighted by Crippen LogP contribution is -2.45. The van der Waals surface area contributed by atoms with Crippen molar-refractivity contribution in [1.29, 1.82) is 0 Å². The number of nitrogens with one attached hydrogen (secondary N) is 1. The molecule has 0 bridgehead atoms. The fraction of sp³-hybridized carbons (Fsp3) is 1.00. The standard InChI is InChI=1S/C17H35N/c1-5-7-10-16(18-13-6-2)17(14-15(3)4)11-8-9-12-17/h15-16,18H,5-14H2,1-4H3. The lowest BCUT2D eigenvalue weighted by atomic mass is 9.71. The molecule has 1 aliphatic rings. The van der Waals surface area contributed by atoms with E-state index in [9.17, 15) is 0 Å². The SMILES string of the molecule is CCCCC(NCCC)C1(CC(C)C)CCCC1. The Labute approximate surface area is 115 Å². The quantitative estimate of drug-likeness (QED) is 0.599. The molecular weight excluding hydrogens is 218 g/mol. The van der Waals surface area contributed by atoms with E-state index in [1.165, 1.54) is 64.3 Å². The summed E-state index contributed by atoms with van der Waals surface area (Å²) in [5.41, 5.74) is 0.624. The van der Waals surface area contributed by atoms with Crippen molar-refractivity contribution in [2.45, 2.75) is 91.5 Å². The fourth-order valence-corrected chi connectivity index (χ4v) is 3.94. The first-order chi connectivity index (χ1) is 8.64. The van der Waals surface area contributed by atoms with Crippen LogP contribution in [0.5, 0.6) is 0 Å². The molecule has 0 aromatic carbocycles. The van der Waals surface area contributed by atoms with Gasteiger partial charge < -0.3 is 5.32 Å². The Morgan fingerprint density at radius 1 is 1.06 bits per heavy atom. The first kappa shape index (κ1) is 16.0. The molecule has 1 saturated carbocycles. The van der Waals surface area contributed by atoms with Crippen LogP contribution in [0.3, 0.4) is 0 Å². The van der Waals surface area contributed by atoms with Crippen LogP contribution in [-0.2, 0) is 0 Å². The predicted octanol–water partition coefficient (Wildman–Crippen LogP) is 5.15. The van der Waals surface area contributed by atoms with Gasteiger partial charge in [-0.25, -0.2) is 0 Å². The van der Waals surface area contributed by atoms with Gasteiger partial charge in [-0.05, 0) is 50.0 Å². The maximum atomic E-state index is 3.89. The summed E-state index contributed by atoms with van der Waals surface area (Å²) in [7, 11) is 0.